The Morgan fingerprint density at radius 3 is 2.37 bits per heavy atom. The van der Waals surface area contributed by atoms with Gasteiger partial charge < -0.3 is 10.2 Å². The second kappa shape index (κ2) is 9.26. The molecule has 1 saturated heterocycles. The summed E-state index contributed by atoms with van der Waals surface area (Å²) in [6.45, 7) is 1.94. The topological polar surface area (TPSA) is 62.3 Å². The second-order valence-electron chi connectivity index (χ2n) is 6.80. The van der Waals surface area contributed by atoms with Crippen LogP contribution in [0.3, 0.4) is 0 Å². The first-order chi connectivity index (χ1) is 13.1. The predicted molar refractivity (Wildman–Crippen MR) is 101 cm³/mol. The summed E-state index contributed by atoms with van der Waals surface area (Å²) in [6.07, 6.45) is 7.92. The van der Waals surface area contributed by atoms with Gasteiger partial charge in [0.1, 0.15) is 5.82 Å². The Morgan fingerprint density at radius 2 is 1.67 bits per heavy atom. The maximum Gasteiger partial charge on any atom is 0.255 e. The molecule has 0 radical (unpaired) electrons. The summed E-state index contributed by atoms with van der Waals surface area (Å²) in [7, 11) is 0. The van der Waals surface area contributed by atoms with Crippen LogP contribution in [-0.2, 0) is 6.42 Å². The van der Waals surface area contributed by atoms with Crippen LogP contribution in [0.2, 0.25) is 0 Å². The Kier molecular flexibility index (Phi) is 6.52. The highest BCUT2D eigenvalue weighted by atomic mass is 19.1. The van der Waals surface area contributed by atoms with Crippen LogP contribution in [0.1, 0.15) is 52.0 Å². The summed E-state index contributed by atoms with van der Waals surface area (Å²) in [6, 6.07) is 7.80. The van der Waals surface area contributed by atoms with Crippen molar-refractivity contribution in [2.45, 2.75) is 32.1 Å². The van der Waals surface area contributed by atoms with Gasteiger partial charge in [0.05, 0.1) is 11.1 Å². The molecule has 27 heavy (non-hydrogen) atoms. The van der Waals surface area contributed by atoms with Crippen LogP contribution in [-0.4, -0.2) is 41.3 Å². The van der Waals surface area contributed by atoms with E-state index < -0.39 is 0 Å². The summed E-state index contributed by atoms with van der Waals surface area (Å²) in [5.74, 6) is -0.611. The van der Waals surface area contributed by atoms with Crippen LogP contribution in [0, 0.1) is 5.82 Å². The van der Waals surface area contributed by atoms with Crippen LogP contribution >= 0.6 is 0 Å². The summed E-state index contributed by atoms with van der Waals surface area (Å²) < 4.78 is 12.9. The van der Waals surface area contributed by atoms with E-state index in [0.717, 1.165) is 44.3 Å². The number of likely N-dealkylation sites (tertiary alicyclic amines) is 1. The third-order valence-corrected chi connectivity index (χ3v) is 4.75. The molecule has 1 aromatic heterocycles. The molecule has 2 aromatic rings. The minimum Gasteiger partial charge on any atom is -0.352 e. The maximum atomic E-state index is 12.9. The quantitative estimate of drug-likeness (QED) is 0.880. The zero-order valence-corrected chi connectivity index (χ0v) is 15.3. The summed E-state index contributed by atoms with van der Waals surface area (Å²) in [5.41, 5.74) is 1.76. The molecule has 1 aliphatic rings. The number of pyridine rings is 1. The van der Waals surface area contributed by atoms with Crippen LogP contribution < -0.4 is 5.32 Å². The van der Waals surface area contributed by atoms with E-state index in [1.54, 1.807) is 18.2 Å². The molecule has 142 valence electrons. The molecule has 1 aromatic carbocycles. The highest BCUT2D eigenvalue weighted by Crippen LogP contribution is 2.14. The first-order valence-corrected chi connectivity index (χ1v) is 9.40. The molecule has 0 saturated carbocycles. The van der Waals surface area contributed by atoms with E-state index in [1.807, 2.05) is 4.90 Å². The minimum atomic E-state index is -0.278. The maximum absolute atomic E-state index is 12.9. The van der Waals surface area contributed by atoms with Gasteiger partial charge in [-0.05, 0) is 43.0 Å². The normalized spacial score (nSPS) is 14.5. The number of halogens is 1. The molecule has 0 bridgehead atoms. The number of amides is 2. The van der Waals surface area contributed by atoms with Crippen molar-refractivity contribution in [2.75, 3.05) is 19.6 Å². The van der Waals surface area contributed by atoms with Gasteiger partial charge >= 0.3 is 0 Å². The van der Waals surface area contributed by atoms with Crippen molar-refractivity contribution in [1.82, 2.24) is 15.2 Å². The molecular weight excluding hydrogens is 345 g/mol. The van der Waals surface area contributed by atoms with Gasteiger partial charge in [-0.15, -0.1) is 0 Å². The number of nitrogens with zero attached hydrogens (tertiary/aromatic N) is 2. The number of aromatic nitrogens is 1. The van der Waals surface area contributed by atoms with E-state index in [1.165, 1.54) is 24.5 Å². The summed E-state index contributed by atoms with van der Waals surface area (Å²) in [5, 5.41) is 2.82. The average molecular weight is 369 g/mol. The zero-order valence-electron chi connectivity index (χ0n) is 15.3. The molecular formula is C21H24FN3O2. The fourth-order valence-corrected chi connectivity index (χ4v) is 3.21. The smallest absolute Gasteiger partial charge is 0.255 e. The van der Waals surface area contributed by atoms with Gasteiger partial charge in [0.25, 0.3) is 11.8 Å². The van der Waals surface area contributed by atoms with Gasteiger partial charge in [-0.3, -0.25) is 14.6 Å². The molecule has 1 aliphatic heterocycles. The van der Waals surface area contributed by atoms with E-state index in [4.69, 9.17) is 0 Å². The lowest BCUT2D eigenvalue weighted by atomic mass is 10.1. The van der Waals surface area contributed by atoms with Crippen molar-refractivity contribution in [1.29, 1.82) is 0 Å². The van der Waals surface area contributed by atoms with Gasteiger partial charge in [0.15, 0.2) is 0 Å². The number of nitrogens with one attached hydrogen (secondary N) is 1. The van der Waals surface area contributed by atoms with Crippen molar-refractivity contribution in [3.8, 4) is 0 Å². The van der Waals surface area contributed by atoms with Crippen LogP contribution in [0.5, 0.6) is 0 Å². The summed E-state index contributed by atoms with van der Waals surface area (Å²) in [4.78, 5) is 31.0. The Hall–Kier alpha value is -2.76. The standard InChI is InChI=1S/C21H24FN3O2/c22-19-7-5-16(6-8-19)9-10-24-20(26)17-13-18(15-23-14-17)21(27)25-11-3-1-2-4-12-25/h5-8,13-15H,1-4,9-12H2,(H,24,26). The number of carbonyl (C=O) groups is 2. The SMILES string of the molecule is O=C(NCCc1ccc(F)cc1)c1cncc(C(=O)N2CCCCCC2)c1. The number of rotatable bonds is 5. The van der Waals surface area contributed by atoms with Crippen molar-refractivity contribution >= 4 is 11.8 Å². The molecule has 1 fully saturated rings. The molecule has 0 atom stereocenters. The Balaban J connectivity index is 1.57. The number of hydrogen-bond donors (Lipinski definition) is 1. The van der Waals surface area contributed by atoms with E-state index >= 15 is 0 Å². The third kappa shape index (κ3) is 5.36. The van der Waals surface area contributed by atoms with Gasteiger partial charge in [-0.2, -0.15) is 0 Å². The van der Waals surface area contributed by atoms with Crippen LogP contribution in [0.25, 0.3) is 0 Å². The Bertz CT molecular complexity index is 784. The lowest BCUT2D eigenvalue weighted by Crippen LogP contribution is -2.32. The number of carbonyl (C=O) groups excluding carboxylic acids is 2. The lowest BCUT2D eigenvalue weighted by molar-refractivity contribution is 0.0761. The molecule has 5 nitrogen and oxygen atoms in total. The van der Waals surface area contributed by atoms with Gasteiger partial charge in [-0.25, -0.2) is 4.39 Å². The van der Waals surface area contributed by atoms with Crippen LogP contribution in [0.15, 0.2) is 42.7 Å². The van der Waals surface area contributed by atoms with E-state index in [-0.39, 0.29) is 17.6 Å². The number of hydrogen-bond acceptors (Lipinski definition) is 3. The Morgan fingerprint density at radius 1 is 1.00 bits per heavy atom. The molecule has 6 heteroatoms. The zero-order chi connectivity index (χ0) is 19.1. The lowest BCUT2D eigenvalue weighted by Gasteiger charge is -2.20. The first kappa shape index (κ1) is 19.0. The van der Waals surface area contributed by atoms with Crippen molar-refractivity contribution in [3.63, 3.8) is 0 Å². The van der Waals surface area contributed by atoms with Gasteiger partial charge in [0, 0.05) is 32.0 Å². The monoisotopic (exact) mass is 369 g/mol. The number of benzene rings is 1. The molecule has 0 unspecified atom stereocenters. The van der Waals surface area contributed by atoms with Crippen molar-refractivity contribution < 1.29 is 14.0 Å². The van der Waals surface area contributed by atoms with E-state index in [9.17, 15) is 14.0 Å². The van der Waals surface area contributed by atoms with Crippen molar-refractivity contribution in [2.24, 2.45) is 0 Å². The molecule has 3 rings (SSSR count). The molecule has 0 spiro atoms. The largest absolute Gasteiger partial charge is 0.352 e. The van der Waals surface area contributed by atoms with E-state index in [0.29, 0.717) is 24.1 Å². The average Bonchev–Trinajstić information content (AvgIpc) is 2.98. The second-order valence-corrected chi connectivity index (χ2v) is 6.80. The van der Waals surface area contributed by atoms with E-state index in [2.05, 4.69) is 10.3 Å². The Labute approximate surface area is 158 Å². The van der Waals surface area contributed by atoms with Gasteiger partial charge in [-0.1, -0.05) is 25.0 Å². The fourth-order valence-electron chi connectivity index (χ4n) is 3.21. The third-order valence-electron chi connectivity index (χ3n) is 4.75. The molecule has 2 heterocycles. The van der Waals surface area contributed by atoms with Crippen molar-refractivity contribution in [3.05, 3.63) is 65.2 Å². The fraction of sp³-hybridized carbons (Fsp3) is 0.381. The predicted octanol–water partition coefficient (Wildman–Crippen LogP) is 3.21. The highest BCUT2D eigenvalue weighted by molar-refractivity contribution is 5.99. The first-order valence-electron chi connectivity index (χ1n) is 9.40. The summed E-state index contributed by atoms with van der Waals surface area (Å²) >= 11 is 0. The molecule has 0 aliphatic carbocycles. The molecule has 1 N–H and O–H groups in total. The minimum absolute atomic E-state index is 0.0645. The molecule has 2 amide bonds. The van der Waals surface area contributed by atoms with Gasteiger partial charge in [0.2, 0.25) is 0 Å². The highest BCUT2D eigenvalue weighted by Gasteiger charge is 2.18. The van der Waals surface area contributed by atoms with Crippen LogP contribution in [0.4, 0.5) is 4.39 Å².